The second-order valence-corrected chi connectivity index (χ2v) is 3.01. The van der Waals surface area contributed by atoms with Crippen molar-refractivity contribution in [2.45, 2.75) is 6.92 Å². The summed E-state index contributed by atoms with van der Waals surface area (Å²) in [6, 6.07) is 5.65. The fourth-order valence-corrected chi connectivity index (χ4v) is 1.03. The summed E-state index contributed by atoms with van der Waals surface area (Å²) in [4.78, 5) is 11.5. The third-order valence-electron chi connectivity index (χ3n) is 1.91. The van der Waals surface area contributed by atoms with Crippen LogP contribution in [0.5, 0.6) is 0 Å². The monoisotopic (exact) mass is 181 g/mol. The molecule has 0 aliphatic heterocycles. The van der Waals surface area contributed by atoms with Gasteiger partial charge >= 0.3 is 0 Å². The Morgan fingerprint density at radius 2 is 2.31 bits per heavy atom. The van der Waals surface area contributed by atoms with Crippen molar-refractivity contribution in [1.29, 1.82) is 0 Å². The molecule has 2 N–H and O–H groups in total. The van der Waals surface area contributed by atoms with E-state index in [0.717, 1.165) is 0 Å². The Labute approximate surface area is 76.6 Å². The average Bonchev–Trinajstić information content (AvgIpc) is 2.15. The number of halogens is 1. The van der Waals surface area contributed by atoms with Crippen LogP contribution in [0.1, 0.15) is 17.3 Å². The van der Waals surface area contributed by atoms with Crippen LogP contribution in [-0.4, -0.2) is 12.3 Å². The molecule has 1 aromatic carbocycles. The van der Waals surface area contributed by atoms with Crippen molar-refractivity contribution in [1.82, 2.24) is 0 Å². The molecule has 1 atom stereocenters. The number of carbonyl (C=O) groups is 1. The minimum Gasteiger partial charge on any atom is -0.330 e. The quantitative estimate of drug-likeness (QED) is 0.720. The predicted molar refractivity (Wildman–Crippen MR) is 48.9 cm³/mol. The molecule has 0 aliphatic rings. The number of ketones is 1. The number of carbonyl (C=O) groups excluding carboxylic acids is 1. The fourth-order valence-electron chi connectivity index (χ4n) is 1.03. The molecular formula is C10H12FNO. The van der Waals surface area contributed by atoms with Crippen LogP contribution in [0, 0.1) is 11.7 Å². The summed E-state index contributed by atoms with van der Waals surface area (Å²) >= 11 is 0. The maximum absolute atomic E-state index is 12.7. The summed E-state index contributed by atoms with van der Waals surface area (Å²) in [6.07, 6.45) is 0. The number of hydrogen-bond acceptors (Lipinski definition) is 2. The Balaban J connectivity index is 2.89. The van der Waals surface area contributed by atoms with Gasteiger partial charge in [-0.05, 0) is 12.1 Å². The minimum atomic E-state index is -0.393. The first kappa shape index (κ1) is 9.86. The highest BCUT2D eigenvalue weighted by Gasteiger charge is 2.13. The zero-order valence-corrected chi connectivity index (χ0v) is 7.46. The number of benzene rings is 1. The lowest BCUT2D eigenvalue weighted by Gasteiger charge is -2.06. The standard InChI is InChI=1S/C10H12FNO/c1-7(6-12)10(13)8-3-2-4-9(11)5-8/h2-5,7H,6,12H2,1H3. The molecule has 0 amide bonds. The summed E-state index contributed by atoms with van der Waals surface area (Å²) in [5.41, 5.74) is 5.72. The third kappa shape index (κ3) is 2.36. The van der Waals surface area contributed by atoms with E-state index in [-0.39, 0.29) is 18.2 Å². The van der Waals surface area contributed by atoms with E-state index in [1.807, 2.05) is 0 Å². The highest BCUT2D eigenvalue weighted by atomic mass is 19.1. The van der Waals surface area contributed by atoms with E-state index >= 15 is 0 Å². The van der Waals surface area contributed by atoms with Gasteiger partial charge in [-0.1, -0.05) is 19.1 Å². The summed E-state index contributed by atoms with van der Waals surface area (Å²) in [5, 5.41) is 0. The van der Waals surface area contributed by atoms with Gasteiger partial charge in [-0.25, -0.2) is 4.39 Å². The van der Waals surface area contributed by atoms with E-state index in [9.17, 15) is 9.18 Å². The van der Waals surface area contributed by atoms with Crippen molar-refractivity contribution in [2.24, 2.45) is 11.7 Å². The lowest BCUT2D eigenvalue weighted by Crippen LogP contribution is -2.20. The molecule has 0 aliphatic carbocycles. The molecular weight excluding hydrogens is 169 g/mol. The van der Waals surface area contributed by atoms with Gasteiger partial charge in [0.15, 0.2) is 5.78 Å². The summed E-state index contributed by atoms with van der Waals surface area (Å²) in [5.74, 6) is -0.751. The van der Waals surface area contributed by atoms with Gasteiger partial charge in [0.25, 0.3) is 0 Å². The molecule has 1 rings (SSSR count). The van der Waals surface area contributed by atoms with Crippen molar-refractivity contribution >= 4 is 5.78 Å². The van der Waals surface area contributed by atoms with E-state index in [1.54, 1.807) is 13.0 Å². The molecule has 0 saturated carbocycles. The highest BCUT2D eigenvalue weighted by Crippen LogP contribution is 2.09. The first-order chi connectivity index (χ1) is 6.15. The van der Waals surface area contributed by atoms with Gasteiger partial charge in [0, 0.05) is 18.0 Å². The molecule has 0 aromatic heterocycles. The molecule has 3 heteroatoms. The molecule has 0 radical (unpaired) electrons. The molecule has 0 spiro atoms. The normalized spacial score (nSPS) is 12.5. The lowest BCUT2D eigenvalue weighted by atomic mass is 10.00. The first-order valence-electron chi connectivity index (χ1n) is 4.15. The van der Waals surface area contributed by atoms with E-state index in [2.05, 4.69) is 0 Å². The van der Waals surface area contributed by atoms with Crippen LogP contribution in [-0.2, 0) is 0 Å². The summed E-state index contributed by atoms with van der Waals surface area (Å²) in [6.45, 7) is 2.02. The Hall–Kier alpha value is -1.22. The van der Waals surface area contributed by atoms with Gasteiger partial charge in [0.2, 0.25) is 0 Å². The van der Waals surface area contributed by atoms with Gasteiger partial charge in [-0.2, -0.15) is 0 Å². The average molecular weight is 181 g/mol. The Bertz CT molecular complexity index is 312. The smallest absolute Gasteiger partial charge is 0.167 e. The largest absolute Gasteiger partial charge is 0.330 e. The van der Waals surface area contributed by atoms with Crippen LogP contribution in [0.3, 0.4) is 0 Å². The fraction of sp³-hybridized carbons (Fsp3) is 0.300. The van der Waals surface area contributed by atoms with E-state index < -0.39 is 5.82 Å². The Morgan fingerprint density at radius 3 is 2.85 bits per heavy atom. The van der Waals surface area contributed by atoms with Crippen molar-refractivity contribution in [2.75, 3.05) is 6.54 Å². The molecule has 0 heterocycles. The van der Waals surface area contributed by atoms with Crippen molar-refractivity contribution < 1.29 is 9.18 Å². The van der Waals surface area contributed by atoms with Crippen LogP contribution < -0.4 is 5.73 Å². The summed E-state index contributed by atoms with van der Waals surface area (Å²) < 4.78 is 12.7. The third-order valence-corrected chi connectivity index (χ3v) is 1.91. The van der Waals surface area contributed by atoms with Gasteiger partial charge in [0.05, 0.1) is 0 Å². The van der Waals surface area contributed by atoms with Crippen molar-refractivity contribution in [3.05, 3.63) is 35.6 Å². The molecule has 0 fully saturated rings. The van der Waals surface area contributed by atoms with Gasteiger partial charge in [0.1, 0.15) is 5.82 Å². The van der Waals surface area contributed by atoms with Crippen LogP contribution in [0.15, 0.2) is 24.3 Å². The molecule has 2 nitrogen and oxygen atoms in total. The Kier molecular flexibility index (Phi) is 3.14. The number of hydrogen-bond donors (Lipinski definition) is 1. The first-order valence-corrected chi connectivity index (χ1v) is 4.15. The number of rotatable bonds is 3. The van der Waals surface area contributed by atoms with Crippen LogP contribution in [0.4, 0.5) is 4.39 Å². The van der Waals surface area contributed by atoms with Crippen LogP contribution in [0.25, 0.3) is 0 Å². The maximum Gasteiger partial charge on any atom is 0.167 e. The number of nitrogens with two attached hydrogens (primary N) is 1. The van der Waals surface area contributed by atoms with Crippen LogP contribution in [0.2, 0.25) is 0 Å². The molecule has 13 heavy (non-hydrogen) atoms. The Morgan fingerprint density at radius 1 is 1.62 bits per heavy atom. The zero-order chi connectivity index (χ0) is 9.84. The minimum absolute atomic E-state index is 0.109. The zero-order valence-electron chi connectivity index (χ0n) is 7.46. The number of Topliss-reactive ketones (excluding diaryl/α,β-unsaturated/α-hetero) is 1. The van der Waals surface area contributed by atoms with E-state index in [0.29, 0.717) is 5.56 Å². The molecule has 70 valence electrons. The topological polar surface area (TPSA) is 43.1 Å². The maximum atomic E-state index is 12.7. The van der Waals surface area contributed by atoms with Crippen LogP contribution >= 0.6 is 0 Å². The molecule has 1 aromatic rings. The highest BCUT2D eigenvalue weighted by molar-refractivity contribution is 5.97. The second kappa shape index (κ2) is 4.14. The van der Waals surface area contributed by atoms with Crippen molar-refractivity contribution in [3.63, 3.8) is 0 Å². The van der Waals surface area contributed by atoms with Gasteiger partial charge < -0.3 is 5.73 Å². The van der Waals surface area contributed by atoms with Gasteiger partial charge in [-0.15, -0.1) is 0 Å². The molecule has 0 saturated heterocycles. The second-order valence-electron chi connectivity index (χ2n) is 3.01. The lowest BCUT2D eigenvalue weighted by molar-refractivity contribution is 0.0934. The van der Waals surface area contributed by atoms with E-state index in [4.69, 9.17) is 5.73 Å². The SMILES string of the molecule is CC(CN)C(=O)c1cccc(F)c1. The van der Waals surface area contributed by atoms with E-state index in [1.165, 1.54) is 18.2 Å². The molecule has 1 unspecified atom stereocenters. The predicted octanol–water partition coefficient (Wildman–Crippen LogP) is 1.60. The summed E-state index contributed by atoms with van der Waals surface area (Å²) in [7, 11) is 0. The van der Waals surface area contributed by atoms with Crippen molar-refractivity contribution in [3.8, 4) is 0 Å². The van der Waals surface area contributed by atoms with Gasteiger partial charge in [-0.3, -0.25) is 4.79 Å². The molecule has 0 bridgehead atoms.